The van der Waals surface area contributed by atoms with Gasteiger partial charge in [-0.2, -0.15) is 0 Å². The summed E-state index contributed by atoms with van der Waals surface area (Å²) >= 11 is 5.25. The number of benzene rings is 1. The number of ether oxygens (including phenoxy) is 1. The third-order valence-corrected chi connectivity index (χ3v) is 1.37. The van der Waals surface area contributed by atoms with Crippen LogP contribution in [0.3, 0.4) is 0 Å². The van der Waals surface area contributed by atoms with Crippen LogP contribution in [0.4, 0.5) is 4.39 Å². The van der Waals surface area contributed by atoms with Crippen LogP contribution in [-0.2, 0) is 0 Å². The highest BCUT2D eigenvalue weighted by Crippen LogP contribution is 2.14. The number of hydrogen-bond donors (Lipinski definition) is 0. The first kappa shape index (κ1) is 9.07. The lowest BCUT2D eigenvalue weighted by molar-refractivity contribution is 0.341. The Balaban J connectivity index is 2.57. The molecule has 0 bridgehead atoms. The normalized spacial score (nSPS) is 10.5. The summed E-state index contributed by atoms with van der Waals surface area (Å²) in [4.78, 5) is 0. The van der Waals surface area contributed by atoms with Crippen LogP contribution in [0.1, 0.15) is 0 Å². The highest BCUT2D eigenvalue weighted by molar-refractivity contribution is 6.25. The second kappa shape index (κ2) is 4.78. The molecule has 0 saturated heterocycles. The maximum atomic E-state index is 12.8. The van der Waals surface area contributed by atoms with Crippen molar-refractivity contribution in [3.8, 4) is 5.75 Å². The highest BCUT2D eigenvalue weighted by Gasteiger charge is 1.98. The fraction of sp³-hybridized carbons (Fsp3) is 0.111. The van der Waals surface area contributed by atoms with Crippen molar-refractivity contribution in [2.75, 3.05) is 6.61 Å². The summed E-state index contributed by atoms with van der Waals surface area (Å²) in [6.07, 6.45) is 1.58. The molecule has 1 aromatic rings. The summed E-state index contributed by atoms with van der Waals surface area (Å²) in [6.45, 7) is 0.262. The zero-order valence-electron chi connectivity index (χ0n) is 6.26. The zero-order valence-corrected chi connectivity index (χ0v) is 7.01. The predicted molar refractivity (Wildman–Crippen MR) is 45.7 cm³/mol. The lowest BCUT2D eigenvalue weighted by Gasteiger charge is -2.02. The number of hydrogen-bond acceptors (Lipinski definition) is 1. The SMILES string of the molecule is Fc1[c]cccc1OC/C=C/Cl. The zero-order chi connectivity index (χ0) is 8.81. The minimum absolute atomic E-state index is 0.187. The van der Waals surface area contributed by atoms with E-state index in [1.165, 1.54) is 17.7 Å². The molecule has 0 amide bonds. The van der Waals surface area contributed by atoms with Crippen molar-refractivity contribution >= 4 is 11.6 Å². The van der Waals surface area contributed by atoms with E-state index in [1.807, 2.05) is 0 Å². The smallest absolute Gasteiger partial charge is 0.172 e. The Morgan fingerprint density at radius 1 is 1.67 bits per heavy atom. The molecule has 0 spiro atoms. The van der Waals surface area contributed by atoms with Crippen LogP contribution in [0.2, 0.25) is 0 Å². The van der Waals surface area contributed by atoms with Crippen LogP contribution >= 0.6 is 11.6 Å². The van der Waals surface area contributed by atoms with Gasteiger partial charge < -0.3 is 4.74 Å². The van der Waals surface area contributed by atoms with Crippen molar-refractivity contribution < 1.29 is 9.13 Å². The molecular weight excluding hydrogens is 179 g/mol. The van der Waals surface area contributed by atoms with Crippen molar-refractivity contribution in [3.63, 3.8) is 0 Å². The van der Waals surface area contributed by atoms with Gasteiger partial charge >= 0.3 is 0 Å². The van der Waals surface area contributed by atoms with Gasteiger partial charge in [0.15, 0.2) is 11.6 Å². The van der Waals surface area contributed by atoms with Crippen LogP contribution in [0, 0.1) is 11.9 Å². The van der Waals surface area contributed by atoms with Crippen molar-refractivity contribution in [2.45, 2.75) is 0 Å². The first-order valence-electron chi connectivity index (χ1n) is 3.39. The van der Waals surface area contributed by atoms with Gasteiger partial charge in [0.1, 0.15) is 6.61 Å². The largest absolute Gasteiger partial charge is 0.486 e. The molecule has 0 N–H and O–H groups in total. The van der Waals surface area contributed by atoms with E-state index >= 15 is 0 Å². The van der Waals surface area contributed by atoms with E-state index in [0.717, 1.165) is 0 Å². The summed E-state index contributed by atoms with van der Waals surface area (Å²) in [5.41, 5.74) is 1.32. The molecule has 1 nitrogen and oxygen atoms in total. The Bertz CT molecular complexity index is 273. The fourth-order valence-corrected chi connectivity index (χ4v) is 0.760. The fourth-order valence-electron chi connectivity index (χ4n) is 0.687. The van der Waals surface area contributed by atoms with E-state index < -0.39 is 5.82 Å². The molecule has 0 atom stereocenters. The average Bonchev–Trinajstić information content (AvgIpc) is 2.09. The quantitative estimate of drug-likeness (QED) is 0.704. The maximum Gasteiger partial charge on any atom is 0.172 e. The Morgan fingerprint density at radius 2 is 2.50 bits per heavy atom. The maximum absolute atomic E-state index is 12.8. The summed E-state index contributed by atoms with van der Waals surface area (Å²) < 4.78 is 17.8. The van der Waals surface area contributed by atoms with E-state index in [2.05, 4.69) is 6.07 Å². The molecule has 0 aliphatic carbocycles. The molecule has 1 aromatic carbocycles. The number of rotatable bonds is 3. The monoisotopic (exact) mass is 185 g/mol. The lowest BCUT2D eigenvalue weighted by Crippen LogP contribution is -1.95. The minimum atomic E-state index is -0.486. The Morgan fingerprint density at radius 3 is 3.17 bits per heavy atom. The first-order valence-corrected chi connectivity index (χ1v) is 3.82. The second-order valence-corrected chi connectivity index (χ2v) is 2.27. The van der Waals surface area contributed by atoms with Gasteiger partial charge in [0, 0.05) is 11.6 Å². The summed E-state index contributed by atoms with van der Waals surface area (Å²) in [5, 5.41) is 0. The third-order valence-electron chi connectivity index (χ3n) is 1.19. The molecule has 0 heterocycles. The van der Waals surface area contributed by atoms with Gasteiger partial charge in [-0.3, -0.25) is 0 Å². The topological polar surface area (TPSA) is 9.23 Å². The van der Waals surface area contributed by atoms with Crippen molar-refractivity contribution in [1.29, 1.82) is 0 Å². The van der Waals surface area contributed by atoms with Crippen molar-refractivity contribution in [3.05, 3.63) is 41.7 Å². The highest BCUT2D eigenvalue weighted by atomic mass is 35.5. The van der Waals surface area contributed by atoms with Crippen molar-refractivity contribution in [2.24, 2.45) is 0 Å². The van der Waals surface area contributed by atoms with Gasteiger partial charge in [0.25, 0.3) is 0 Å². The van der Waals surface area contributed by atoms with E-state index in [-0.39, 0.29) is 12.4 Å². The summed E-state index contributed by atoms with van der Waals surface area (Å²) in [6, 6.07) is 7.05. The van der Waals surface area contributed by atoms with E-state index in [9.17, 15) is 4.39 Å². The van der Waals surface area contributed by atoms with E-state index in [1.54, 1.807) is 12.1 Å². The minimum Gasteiger partial charge on any atom is -0.486 e. The lowest BCUT2D eigenvalue weighted by atomic mass is 10.3. The van der Waals surface area contributed by atoms with Crippen LogP contribution < -0.4 is 4.74 Å². The molecule has 0 aromatic heterocycles. The summed E-state index contributed by atoms with van der Waals surface area (Å²) in [7, 11) is 0. The Kier molecular flexibility index (Phi) is 3.61. The summed E-state index contributed by atoms with van der Waals surface area (Å²) in [5.74, 6) is -0.298. The van der Waals surface area contributed by atoms with Gasteiger partial charge in [-0.1, -0.05) is 23.7 Å². The predicted octanol–water partition coefficient (Wildman–Crippen LogP) is 2.76. The average molecular weight is 186 g/mol. The molecule has 1 radical (unpaired) electrons. The molecule has 12 heavy (non-hydrogen) atoms. The molecule has 3 heteroatoms. The van der Waals surface area contributed by atoms with E-state index in [4.69, 9.17) is 16.3 Å². The van der Waals surface area contributed by atoms with Gasteiger partial charge in [-0.15, -0.1) is 0 Å². The molecule has 0 unspecified atom stereocenters. The van der Waals surface area contributed by atoms with Crippen LogP contribution in [0.5, 0.6) is 5.75 Å². The molecule has 1 rings (SSSR count). The number of halogens is 2. The molecule has 63 valence electrons. The molecule has 0 saturated carbocycles. The van der Waals surface area contributed by atoms with Gasteiger partial charge in [0.2, 0.25) is 0 Å². The Hall–Kier alpha value is -1.02. The van der Waals surface area contributed by atoms with Crippen LogP contribution in [-0.4, -0.2) is 6.61 Å². The van der Waals surface area contributed by atoms with Crippen molar-refractivity contribution in [1.82, 2.24) is 0 Å². The molecule has 0 aliphatic heterocycles. The standard InChI is InChI=1S/C9H7ClFO/c10-6-3-7-12-9-5-2-1-4-8(9)11/h1-3,5-6H,7H2/b6-3+. The van der Waals surface area contributed by atoms with Crippen LogP contribution in [0.25, 0.3) is 0 Å². The van der Waals surface area contributed by atoms with Gasteiger partial charge in [0.05, 0.1) is 0 Å². The Labute approximate surface area is 75.4 Å². The first-order chi connectivity index (χ1) is 5.84. The van der Waals surface area contributed by atoms with Gasteiger partial charge in [-0.25, -0.2) is 4.39 Å². The molecule has 0 aliphatic rings. The van der Waals surface area contributed by atoms with Gasteiger partial charge in [-0.05, 0) is 12.1 Å². The van der Waals surface area contributed by atoms with Crippen LogP contribution in [0.15, 0.2) is 29.8 Å². The molecular formula is C9H7ClFO. The van der Waals surface area contributed by atoms with E-state index in [0.29, 0.717) is 0 Å². The third kappa shape index (κ3) is 2.55. The molecule has 0 fully saturated rings. The second-order valence-electron chi connectivity index (χ2n) is 2.02.